The maximum Gasteiger partial charge on any atom is 0.272 e. The molecular formula is C13H16N2O2. The van der Waals surface area contributed by atoms with Crippen molar-refractivity contribution in [2.24, 2.45) is 0 Å². The minimum atomic E-state index is -0.138. The zero-order valence-electron chi connectivity index (χ0n) is 9.69. The molecule has 90 valence electrons. The van der Waals surface area contributed by atoms with Crippen LogP contribution < -0.4 is 5.43 Å². The Hall–Kier alpha value is -1.84. The van der Waals surface area contributed by atoms with Crippen molar-refractivity contribution in [3.05, 3.63) is 35.9 Å². The van der Waals surface area contributed by atoms with Crippen LogP contribution in [0.4, 0.5) is 0 Å². The third-order valence-electron chi connectivity index (χ3n) is 2.81. The van der Waals surface area contributed by atoms with E-state index >= 15 is 0 Å². The zero-order chi connectivity index (χ0) is 12.1. The second kappa shape index (κ2) is 5.48. The lowest BCUT2D eigenvalue weighted by molar-refractivity contribution is -0.125. The third kappa shape index (κ3) is 3.06. The van der Waals surface area contributed by atoms with E-state index in [-0.39, 0.29) is 11.8 Å². The van der Waals surface area contributed by atoms with E-state index in [1.807, 2.05) is 18.2 Å². The van der Waals surface area contributed by atoms with Gasteiger partial charge in [-0.2, -0.15) is 0 Å². The highest BCUT2D eigenvalue weighted by Crippen LogP contribution is 2.09. The van der Waals surface area contributed by atoms with Gasteiger partial charge in [-0.05, 0) is 25.0 Å². The van der Waals surface area contributed by atoms with Crippen molar-refractivity contribution in [1.82, 2.24) is 10.4 Å². The van der Waals surface area contributed by atoms with E-state index in [1.165, 1.54) is 5.01 Å². The van der Waals surface area contributed by atoms with E-state index in [0.29, 0.717) is 18.5 Å². The highest BCUT2D eigenvalue weighted by molar-refractivity contribution is 5.95. The topological polar surface area (TPSA) is 49.4 Å². The number of hydrogen-bond donors (Lipinski definition) is 1. The van der Waals surface area contributed by atoms with Gasteiger partial charge in [-0.3, -0.25) is 20.0 Å². The number of rotatable bonds is 1. The van der Waals surface area contributed by atoms with E-state index in [1.54, 1.807) is 12.1 Å². The van der Waals surface area contributed by atoms with E-state index < -0.39 is 0 Å². The fourth-order valence-corrected chi connectivity index (χ4v) is 1.88. The summed E-state index contributed by atoms with van der Waals surface area (Å²) in [6.07, 6.45) is 3.32. The Morgan fingerprint density at radius 1 is 1.12 bits per heavy atom. The molecule has 2 rings (SSSR count). The van der Waals surface area contributed by atoms with Crippen molar-refractivity contribution in [3.8, 4) is 0 Å². The molecule has 0 aliphatic carbocycles. The summed E-state index contributed by atoms with van der Waals surface area (Å²) in [5, 5.41) is 1.43. The first kappa shape index (κ1) is 11.6. The summed E-state index contributed by atoms with van der Waals surface area (Å²) >= 11 is 0. The second-order valence-corrected chi connectivity index (χ2v) is 4.17. The highest BCUT2D eigenvalue weighted by Gasteiger charge is 2.19. The average molecular weight is 232 g/mol. The van der Waals surface area contributed by atoms with Crippen molar-refractivity contribution in [1.29, 1.82) is 0 Å². The molecule has 1 aliphatic heterocycles. The maximum atomic E-state index is 12.1. The summed E-state index contributed by atoms with van der Waals surface area (Å²) in [4.78, 5) is 23.6. The van der Waals surface area contributed by atoms with Crippen LogP contribution in [0, 0.1) is 0 Å². The Bertz CT molecular complexity index is 403. The quantitative estimate of drug-likeness (QED) is 0.801. The predicted molar refractivity (Wildman–Crippen MR) is 64.1 cm³/mol. The summed E-state index contributed by atoms with van der Waals surface area (Å²) in [6.45, 7) is 0.583. The molecule has 0 unspecified atom stereocenters. The number of carbonyl (C=O) groups is 2. The van der Waals surface area contributed by atoms with Gasteiger partial charge in [-0.15, -0.1) is 0 Å². The van der Waals surface area contributed by atoms with E-state index in [9.17, 15) is 9.59 Å². The Labute approximate surface area is 101 Å². The summed E-state index contributed by atoms with van der Waals surface area (Å²) in [5.74, 6) is -0.213. The van der Waals surface area contributed by atoms with Gasteiger partial charge >= 0.3 is 0 Å². The van der Waals surface area contributed by atoms with Crippen molar-refractivity contribution in [3.63, 3.8) is 0 Å². The number of amides is 2. The summed E-state index contributed by atoms with van der Waals surface area (Å²) in [5.41, 5.74) is 3.27. The molecule has 1 saturated heterocycles. The van der Waals surface area contributed by atoms with Crippen LogP contribution in [0.25, 0.3) is 0 Å². The monoisotopic (exact) mass is 232 g/mol. The van der Waals surface area contributed by atoms with Gasteiger partial charge in [0.05, 0.1) is 0 Å². The fourth-order valence-electron chi connectivity index (χ4n) is 1.88. The molecule has 0 bridgehead atoms. The first-order valence-electron chi connectivity index (χ1n) is 5.94. The first-order chi connectivity index (χ1) is 8.27. The summed E-state index contributed by atoms with van der Waals surface area (Å²) in [6, 6.07) is 9.02. The molecule has 4 heteroatoms. The molecule has 1 aliphatic rings. The van der Waals surface area contributed by atoms with Crippen LogP contribution in [0.5, 0.6) is 0 Å². The van der Waals surface area contributed by atoms with Crippen LogP contribution in [0.1, 0.15) is 36.0 Å². The zero-order valence-corrected chi connectivity index (χ0v) is 9.69. The molecule has 0 atom stereocenters. The van der Waals surface area contributed by atoms with Gasteiger partial charge in [-0.25, -0.2) is 0 Å². The summed E-state index contributed by atoms with van der Waals surface area (Å²) < 4.78 is 0. The van der Waals surface area contributed by atoms with Gasteiger partial charge in [0.15, 0.2) is 0 Å². The van der Waals surface area contributed by atoms with Crippen molar-refractivity contribution in [2.75, 3.05) is 6.54 Å². The molecule has 0 aromatic heterocycles. The molecular weight excluding hydrogens is 216 g/mol. The lowest BCUT2D eigenvalue weighted by atomic mass is 10.1. The lowest BCUT2D eigenvalue weighted by Crippen LogP contribution is -2.47. The van der Waals surface area contributed by atoms with Gasteiger partial charge in [0.1, 0.15) is 0 Å². The molecule has 0 spiro atoms. The number of nitrogens with one attached hydrogen (secondary N) is 1. The number of hydrazine groups is 1. The van der Waals surface area contributed by atoms with E-state index in [4.69, 9.17) is 0 Å². The summed E-state index contributed by atoms with van der Waals surface area (Å²) in [7, 11) is 0. The standard InChI is InChI=1S/C13H16N2O2/c16-12-9-5-2-6-10-15(14-12)13(17)11-7-3-1-4-8-11/h1,3-4,7-8H,2,5-6,9-10H2,(H,14,16). The number of hydrogen-bond acceptors (Lipinski definition) is 2. The molecule has 0 saturated carbocycles. The molecule has 0 radical (unpaired) electrons. The maximum absolute atomic E-state index is 12.1. The minimum absolute atomic E-state index is 0.0750. The van der Waals surface area contributed by atoms with Gasteiger partial charge in [0, 0.05) is 18.5 Å². The minimum Gasteiger partial charge on any atom is -0.273 e. The molecule has 4 nitrogen and oxygen atoms in total. The van der Waals surface area contributed by atoms with Gasteiger partial charge in [0.2, 0.25) is 5.91 Å². The van der Waals surface area contributed by atoms with Crippen molar-refractivity contribution in [2.45, 2.75) is 25.7 Å². The Kier molecular flexibility index (Phi) is 3.75. The molecule has 1 heterocycles. The largest absolute Gasteiger partial charge is 0.273 e. The lowest BCUT2D eigenvalue weighted by Gasteiger charge is -2.25. The normalized spacial score (nSPS) is 16.9. The Morgan fingerprint density at radius 3 is 2.65 bits per heavy atom. The SMILES string of the molecule is O=C1CCCCCN(C(=O)c2ccccc2)N1. The van der Waals surface area contributed by atoms with Crippen molar-refractivity contribution < 1.29 is 9.59 Å². The van der Waals surface area contributed by atoms with Gasteiger partial charge in [0.25, 0.3) is 5.91 Å². The average Bonchev–Trinajstić information content (AvgIpc) is 2.34. The van der Waals surface area contributed by atoms with Gasteiger partial charge < -0.3 is 0 Å². The van der Waals surface area contributed by atoms with Crippen LogP contribution in [0.3, 0.4) is 0 Å². The molecule has 1 fully saturated rings. The van der Waals surface area contributed by atoms with E-state index in [2.05, 4.69) is 5.43 Å². The number of carbonyl (C=O) groups excluding carboxylic acids is 2. The Morgan fingerprint density at radius 2 is 1.88 bits per heavy atom. The molecule has 2 amide bonds. The smallest absolute Gasteiger partial charge is 0.272 e. The number of nitrogens with zero attached hydrogens (tertiary/aromatic N) is 1. The fraction of sp³-hybridized carbons (Fsp3) is 0.385. The third-order valence-corrected chi connectivity index (χ3v) is 2.81. The molecule has 1 aromatic rings. The van der Waals surface area contributed by atoms with Crippen LogP contribution >= 0.6 is 0 Å². The Balaban J connectivity index is 2.09. The molecule has 1 aromatic carbocycles. The first-order valence-corrected chi connectivity index (χ1v) is 5.94. The van der Waals surface area contributed by atoms with E-state index in [0.717, 1.165) is 19.3 Å². The second-order valence-electron chi connectivity index (χ2n) is 4.17. The van der Waals surface area contributed by atoms with Crippen LogP contribution in [0.15, 0.2) is 30.3 Å². The molecule has 17 heavy (non-hydrogen) atoms. The van der Waals surface area contributed by atoms with Crippen LogP contribution in [0.2, 0.25) is 0 Å². The van der Waals surface area contributed by atoms with Crippen LogP contribution in [-0.2, 0) is 4.79 Å². The predicted octanol–water partition coefficient (Wildman–Crippen LogP) is 1.73. The van der Waals surface area contributed by atoms with Crippen molar-refractivity contribution >= 4 is 11.8 Å². The number of benzene rings is 1. The van der Waals surface area contributed by atoms with Crippen LogP contribution in [-0.4, -0.2) is 23.4 Å². The molecule has 1 N–H and O–H groups in total. The highest BCUT2D eigenvalue weighted by atomic mass is 16.2. The van der Waals surface area contributed by atoms with Gasteiger partial charge in [-0.1, -0.05) is 24.6 Å².